The fourth-order valence-electron chi connectivity index (χ4n) is 2.21. The number of aliphatic imine (C=N–C) groups is 1. The van der Waals surface area contributed by atoms with Crippen LogP contribution in [0, 0.1) is 0 Å². The number of guanidine groups is 1. The van der Waals surface area contributed by atoms with Crippen molar-refractivity contribution in [1.29, 1.82) is 0 Å². The van der Waals surface area contributed by atoms with Crippen molar-refractivity contribution >= 4 is 29.9 Å². The maximum absolute atomic E-state index is 5.24. The lowest BCUT2D eigenvalue weighted by molar-refractivity contribution is 0.414. The number of unbranched alkanes of at least 4 members (excludes halogenated alkanes) is 1. The number of aryl methyl sites for hydroxylation is 1. The van der Waals surface area contributed by atoms with Crippen LogP contribution >= 0.6 is 24.0 Å². The third kappa shape index (κ3) is 7.87. The number of hydrogen-bond donors (Lipinski definition) is 1. The van der Waals surface area contributed by atoms with Crippen molar-refractivity contribution in [1.82, 2.24) is 10.2 Å². The first-order valence-electron chi connectivity index (χ1n) is 7.76. The van der Waals surface area contributed by atoms with Crippen molar-refractivity contribution in [3.05, 3.63) is 29.8 Å². The van der Waals surface area contributed by atoms with E-state index in [1.807, 2.05) is 19.2 Å². The molecule has 0 unspecified atom stereocenters. The van der Waals surface area contributed by atoms with Gasteiger partial charge < -0.3 is 15.0 Å². The summed E-state index contributed by atoms with van der Waals surface area (Å²) < 4.78 is 5.24. The average molecular weight is 419 g/mol. The molecule has 0 aliphatic rings. The van der Waals surface area contributed by atoms with Crippen molar-refractivity contribution in [2.75, 3.05) is 34.3 Å². The van der Waals surface area contributed by atoms with Crippen LogP contribution in [0.5, 0.6) is 5.75 Å². The summed E-state index contributed by atoms with van der Waals surface area (Å²) in [5.74, 6) is 1.91. The van der Waals surface area contributed by atoms with E-state index in [1.54, 1.807) is 7.11 Å². The monoisotopic (exact) mass is 419 g/mol. The predicted octanol–water partition coefficient (Wildman–Crippen LogP) is 3.55. The maximum Gasteiger partial charge on any atom is 0.193 e. The minimum Gasteiger partial charge on any atom is -0.497 e. The second kappa shape index (κ2) is 12.6. The number of benzene rings is 1. The first-order valence-corrected chi connectivity index (χ1v) is 7.76. The van der Waals surface area contributed by atoms with Crippen LogP contribution in [-0.2, 0) is 6.42 Å². The third-order valence-corrected chi connectivity index (χ3v) is 3.48. The van der Waals surface area contributed by atoms with Gasteiger partial charge in [-0.3, -0.25) is 4.99 Å². The Morgan fingerprint density at radius 2 is 2.09 bits per heavy atom. The molecule has 0 saturated carbocycles. The quantitative estimate of drug-likeness (QED) is 0.303. The summed E-state index contributed by atoms with van der Waals surface area (Å²) in [6, 6.07) is 8.26. The van der Waals surface area contributed by atoms with Crippen molar-refractivity contribution in [3.8, 4) is 5.75 Å². The summed E-state index contributed by atoms with van der Waals surface area (Å²) in [5, 5.41) is 3.42. The van der Waals surface area contributed by atoms with Gasteiger partial charge in [-0.1, -0.05) is 25.5 Å². The molecule has 0 bridgehead atoms. The van der Waals surface area contributed by atoms with Gasteiger partial charge in [0, 0.05) is 27.2 Å². The topological polar surface area (TPSA) is 36.9 Å². The minimum absolute atomic E-state index is 0. The van der Waals surface area contributed by atoms with Gasteiger partial charge in [0.15, 0.2) is 5.96 Å². The van der Waals surface area contributed by atoms with E-state index in [9.17, 15) is 0 Å². The molecule has 0 atom stereocenters. The van der Waals surface area contributed by atoms with Crippen LogP contribution in [-0.4, -0.2) is 45.2 Å². The fourth-order valence-corrected chi connectivity index (χ4v) is 2.21. The van der Waals surface area contributed by atoms with Crippen molar-refractivity contribution in [3.63, 3.8) is 0 Å². The number of methoxy groups -OCH3 is 1. The Balaban J connectivity index is 0.00000441. The summed E-state index contributed by atoms with van der Waals surface area (Å²) in [4.78, 5) is 6.51. The van der Waals surface area contributed by atoms with Crippen LogP contribution in [0.4, 0.5) is 0 Å². The zero-order chi connectivity index (χ0) is 15.5. The highest BCUT2D eigenvalue weighted by molar-refractivity contribution is 14.0. The summed E-state index contributed by atoms with van der Waals surface area (Å²) in [5.41, 5.74) is 1.31. The van der Waals surface area contributed by atoms with Gasteiger partial charge in [0.25, 0.3) is 0 Å². The van der Waals surface area contributed by atoms with E-state index in [2.05, 4.69) is 41.3 Å². The molecule has 1 rings (SSSR count). The highest BCUT2D eigenvalue weighted by Gasteiger charge is 2.04. The van der Waals surface area contributed by atoms with Gasteiger partial charge in [0.2, 0.25) is 0 Å². The molecule has 0 radical (unpaired) electrons. The highest BCUT2D eigenvalue weighted by Crippen LogP contribution is 2.13. The average Bonchev–Trinajstić information content (AvgIpc) is 2.52. The Morgan fingerprint density at radius 1 is 1.32 bits per heavy atom. The van der Waals surface area contributed by atoms with Gasteiger partial charge in [-0.15, -0.1) is 24.0 Å². The van der Waals surface area contributed by atoms with E-state index >= 15 is 0 Å². The van der Waals surface area contributed by atoms with Crippen LogP contribution in [0.25, 0.3) is 0 Å². The van der Waals surface area contributed by atoms with Gasteiger partial charge in [-0.25, -0.2) is 0 Å². The SMILES string of the molecule is CCCCN(C)C(=NC)NCCCc1cccc(OC)c1.I. The standard InChI is InChI=1S/C17H29N3O.HI/c1-5-6-13-20(3)17(18-2)19-12-8-10-15-9-7-11-16(14-15)21-4;/h7,9,11,14H,5-6,8,10,12-13H2,1-4H3,(H,18,19);1H. The van der Waals surface area contributed by atoms with Crippen molar-refractivity contribution < 1.29 is 4.74 Å². The molecule has 0 amide bonds. The van der Waals surface area contributed by atoms with Gasteiger partial charge in [-0.05, 0) is 37.0 Å². The summed E-state index contributed by atoms with van der Waals surface area (Å²) in [7, 11) is 5.64. The highest BCUT2D eigenvalue weighted by atomic mass is 127. The zero-order valence-corrected chi connectivity index (χ0v) is 16.6. The molecule has 0 spiro atoms. The lowest BCUT2D eigenvalue weighted by Crippen LogP contribution is -2.39. The molecule has 0 heterocycles. The van der Waals surface area contributed by atoms with Crippen LogP contribution in [0.15, 0.2) is 29.3 Å². The second-order valence-corrected chi connectivity index (χ2v) is 5.20. The zero-order valence-electron chi connectivity index (χ0n) is 14.3. The molecule has 1 N–H and O–H groups in total. The number of halogens is 1. The smallest absolute Gasteiger partial charge is 0.193 e. The molecular weight excluding hydrogens is 389 g/mol. The van der Waals surface area contributed by atoms with E-state index in [4.69, 9.17) is 4.74 Å². The largest absolute Gasteiger partial charge is 0.497 e. The Morgan fingerprint density at radius 3 is 2.73 bits per heavy atom. The molecule has 0 fully saturated rings. The van der Waals surface area contributed by atoms with E-state index in [1.165, 1.54) is 18.4 Å². The van der Waals surface area contributed by atoms with Crippen LogP contribution < -0.4 is 10.1 Å². The van der Waals surface area contributed by atoms with E-state index in [0.29, 0.717) is 0 Å². The van der Waals surface area contributed by atoms with Crippen molar-refractivity contribution in [2.24, 2.45) is 4.99 Å². The van der Waals surface area contributed by atoms with Gasteiger partial charge in [0.05, 0.1) is 7.11 Å². The molecule has 0 aromatic heterocycles. The summed E-state index contributed by atoms with van der Waals surface area (Å²) >= 11 is 0. The van der Waals surface area contributed by atoms with E-state index < -0.39 is 0 Å². The number of nitrogens with zero attached hydrogens (tertiary/aromatic N) is 2. The van der Waals surface area contributed by atoms with Gasteiger partial charge in [-0.2, -0.15) is 0 Å². The number of ether oxygens (including phenoxy) is 1. The van der Waals surface area contributed by atoms with E-state index in [0.717, 1.165) is 37.6 Å². The number of hydrogen-bond acceptors (Lipinski definition) is 2. The molecule has 1 aromatic rings. The Kier molecular flexibility index (Phi) is 12.0. The molecule has 5 heteroatoms. The predicted molar refractivity (Wildman–Crippen MR) is 106 cm³/mol. The van der Waals surface area contributed by atoms with Gasteiger partial charge >= 0.3 is 0 Å². The minimum atomic E-state index is 0. The lowest BCUT2D eigenvalue weighted by atomic mass is 10.1. The number of nitrogens with one attached hydrogen (secondary N) is 1. The van der Waals surface area contributed by atoms with Crippen LogP contribution in [0.2, 0.25) is 0 Å². The molecule has 22 heavy (non-hydrogen) atoms. The molecule has 0 aliphatic heterocycles. The molecule has 0 saturated heterocycles. The second-order valence-electron chi connectivity index (χ2n) is 5.20. The van der Waals surface area contributed by atoms with Crippen LogP contribution in [0.1, 0.15) is 31.7 Å². The first kappa shape index (κ1) is 21.0. The van der Waals surface area contributed by atoms with Crippen LogP contribution in [0.3, 0.4) is 0 Å². The third-order valence-electron chi connectivity index (χ3n) is 3.48. The Bertz CT molecular complexity index is 438. The normalized spacial score (nSPS) is 10.8. The molecule has 126 valence electrons. The first-order chi connectivity index (χ1) is 10.2. The summed E-state index contributed by atoms with van der Waals surface area (Å²) in [6.45, 7) is 4.19. The molecule has 4 nitrogen and oxygen atoms in total. The fraction of sp³-hybridized carbons (Fsp3) is 0.588. The molecular formula is C17H30IN3O. The maximum atomic E-state index is 5.24. The van der Waals surface area contributed by atoms with Crippen molar-refractivity contribution in [2.45, 2.75) is 32.6 Å². The Hall–Kier alpha value is -0.980. The molecule has 1 aromatic carbocycles. The van der Waals surface area contributed by atoms with Gasteiger partial charge in [0.1, 0.15) is 5.75 Å². The summed E-state index contributed by atoms with van der Waals surface area (Å²) in [6.07, 6.45) is 4.52. The number of rotatable bonds is 8. The molecule has 0 aliphatic carbocycles. The van der Waals surface area contributed by atoms with E-state index in [-0.39, 0.29) is 24.0 Å². The Labute approximate surface area is 152 Å². The lowest BCUT2D eigenvalue weighted by Gasteiger charge is -2.21.